The van der Waals surface area contributed by atoms with Gasteiger partial charge in [0.1, 0.15) is 0 Å². The zero-order valence-corrected chi connectivity index (χ0v) is 18.4. The maximum atomic E-state index is 12.5. The summed E-state index contributed by atoms with van der Waals surface area (Å²) in [5.41, 5.74) is 1.69. The number of anilines is 1. The molecule has 0 saturated heterocycles. The van der Waals surface area contributed by atoms with E-state index in [1.165, 1.54) is 18.6 Å². The summed E-state index contributed by atoms with van der Waals surface area (Å²) in [5, 5.41) is 5.90. The van der Waals surface area contributed by atoms with E-state index in [0.29, 0.717) is 18.7 Å². The third-order valence-electron chi connectivity index (χ3n) is 5.18. The molecule has 0 aliphatic heterocycles. The molecule has 8 heteroatoms. The van der Waals surface area contributed by atoms with Gasteiger partial charge in [-0.15, -0.1) is 0 Å². The minimum atomic E-state index is -3.59. The van der Waals surface area contributed by atoms with E-state index < -0.39 is 10.0 Å². The lowest BCUT2D eigenvalue weighted by Gasteiger charge is -2.21. The van der Waals surface area contributed by atoms with Gasteiger partial charge in [0.15, 0.2) is 5.11 Å². The number of carbonyl (C=O) groups excluding carboxylic acids is 1. The fraction of sp³-hybridized carbons (Fsp3) is 0.364. The van der Waals surface area contributed by atoms with Crippen LogP contribution in [0.15, 0.2) is 59.5 Å². The molecular weight excluding hydrogens is 418 g/mol. The van der Waals surface area contributed by atoms with Gasteiger partial charge in [-0.1, -0.05) is 49.6 Å². The fourth-order valence-electron chi connectivity index (χ4n) is 3.52. The summed E-state index contributed by atoms with van der Waals surface area (Å²) in [5.74, 6) is -0.0259. The largest absolute Gasteiger partial charge is 0.332 e. The summed E-state index contributed by atoms with van der Waals surface area (Å²) >= 11 is 5.22. The van der Waals surface area contributed by atoms with Gasteiger partial charge in [0.05, 0.1) is 4.90 Å². The average Bonchev–Trinajstić information content (AvgIpc) is 2.75. The molecule has 0 radical (unpaired) electrons. The Morgan fingerprint density at radius 3 is 2.30 bits per heavy atom. The Bertz CT molecular complexity index is 955. The van der Waals surface area contributed by atoms with Crippen molar-refractivity contribution in [3.8, 4) is 0 Å². The molecule has 6 nitrogen and oxygen atoms in total. The molecule has 30 heavy (non-hydrogen) atoms. The van der Waals surface area contributed by atoms with Crippen LogP contribution in [-0.4, -0.2) is 26.0 Å². The molecule has 0 bridgehead atoms. The van der Waals surface area contributed by atoms with E-state index in [2.05, 4.69) is 15.4 Å². The van der Waals surface area contributed by atoms with Crippen molar-refractivity contribution in [3.05, 3.63) is 60.2 Å². The van der Waals surface area contributed by atoms with Crippen molar-refractivity contribution >= 4 is 38.9 Å². The van der Waals surface area contributed by atoms with E-state index >= 15 is 0 Å². The Balaban J connectivity index is 1.49. The highest BCUT2D eigenvalue weighted by atomic mass is 32.2. The van der Waals surface area contributed by atoms with E-state index in [-0.39, 0.29) is 21.8 Å². The highest BCUT2D eigenvalue weighted by Crippen LogP contribution is 2.23. The Kier molecular flexibility index (Phi) is 7.95. The summed E-state index contributed by atoms with van der Waals surface area (Å²) in [7, 11) is -3.59. The maximum Gasteiger partial charge on any atom is 0.240 e. The van der Waals surface area contributed by atoms with E-state index in [1.807, 2.05) is 30.3 Å². The van der Waals surface area contributed by atoms with Crippen LogP contribution < -0.4 is 15.4 Å². The molecule has 3 N–H and O–H groups in total. The van der Waals surface area contributed by atoms with Crippen LogP contribution in [0.2, 0.25) is 0 Å². The summed E-state index contributed by atoms with van der Waals surface area (Å²) in [6.45, 7) is 0.323. The lowest BCUT2D eigenvalue weighted by Crippen LogP contribution is -2.39. The topological polar surface area (TPSA) is 87.3 Å². The van der Waals surface area contributed by atoms with E-state index in [4.69, 9.17) is 12.2 Å². The van der Waals surface area contributed by atoms with Crippen molar-refractivity contribution in [2.45, 2.75) is 43.4 Å². The molecule has 3 rings (SSSR count). The van der Waals surface area contributed by atoms with Gasteiger partial charge in [-0.05, 0) is 61.3 Å². The fourth-order valence-corrected chi connectivity index (χ4v) is 4.77. The molecule has 160 valence electrons. The standard InChI is InChI=1S/C22H27N3O3S2/c26-21(18-9-5-2-6-10-18)25-22(29)24-19-11-13-20(14-12-19)30(27,28)23-16-15-17-7-3-1-4-8-17/h1,3-4,7-8,11-14,18,23H,2,5-6,9-10,15-16H2,(H2,24,25,26,29). The van der Waals surface area contributed by atoms with Crippen molar-refractivity contribution in [1.29, 1.82) is 0 Å². The van der Waals surface area contributed by atoms with Crippen molar-refractivity contribution in [1.82, 2.24) is 10.0 Å². The van der Waals surface area contributed by atoms with Gasteiger partial charge in [-0.2, -0.15) is 0 Å². The monoisotopic (exact) mass is 445 g/mol. The molecule has 1 saturated carbocycles. The minimum Gasteiger partial charge on any atom is -0.332 e. The second kappa shape index (κ2) is 10.7. The van der Waals surface area contributed by atoms with Crippen LogP contribution in [0.3, 0.4) is 0 Å². The molecule has 2 aromatic carbocycles. The lowest BCUT2D eigenvalue weighted by atomic mass is 9.89. The molecule has 1 fully saturated rings. The SMILES string of the molecule is O=C(NC(=S)Nc1ccc(S(=O)(=O)NCCc2ccccc2)cc1)C1CCCCC1. The average molecular weight is 446 g/mol. The van der Waals surface area contributed by atoms with Crippen LogP contribution in [0.1, 0.15) is 37.7 Å². The Hall–Kier alpha value is -2.29. The van der Waals surface area contributed by atoms with Gasteiger partial charge in [-0.3, -0.25) is 4.79 Å². The second-order valence-corrected chi connectivity index (χ2v) is 9.61. The molecule has 1 amide bonds. The predicted octanol–water partition coefficient (Wildman–Crippen LogP) is 3.60. The number of rotatable bonds is 7. The molecule has 0 spiro atoms. The summed E-state index contributed by atoms with van der Waals surface area (Å²) in [6, 6.07) is 16.0. The van der Waals surface area contributed by atoms with Gasteiger partial charge in [0, 0.05) is 18.2 Å². The second-order valence-electron chi connectivity index (χ2n) is 7.44. The molecule has 0 unspecified atom stereocenters. The van der Waals surface area contributed by atoms with Gasteiger partial charge >= 0.3 is 0 Å². The van der Waals surface area contributed by atoms with E-state index in [1.54, 1.807) is 12.1 Å². The third-order valence-corrected chi connectivity index (χ3v) is 6.86. The Morgan fingerprint density at radius 2 is 1.63 bits per heavy atom. The number of nitrogens with one attached hydrogen (secondary N) is 3. The molecule has 0 atom stereocenters. The zero-order valence-electron chi connectivity index (χ0n) is 16.8. The van der Waals surface area contributed by atoms with Crippen LogP contribution in [0.5, 0.6) is 0 Å². The van der Waals surface area contributed by atoms with E-state index in [9.17, 15) is 13.2 Å². The molecule has 1 aliphatic carbocycles. The van der Waals surface area contributed by atoms with Crippen LogP contribution in [0, 0.1) is 5.92 Å². The van der Waals surface area contributed by atoms with Gasteiger partial charge in [-0.25, -0.2) is 13.1 Å². The van der Waals surface area contributed by atoms with Gasteiger partial charge < -0.3 is 10.6 Å². The highest BCUT2D eigenvalue weighted by Gasteiger charge is 2.21. The summed E-state index contributed by atoms with van der Waals surface area (Å²) in [6.07, 6.45) is 5.76. The number of carbonyl (C=O) groups is 1. The third kappa shape index (κ3) is 6.62. The zero-order chi connectivity index (χ0) is 21.4. The molecule has 2 aromatic rings. The first-order valence-electron chi connectivity index (χ1n) is 10.2. The number of amides is 1. The quantitative estimate of drug-likeness (QED) is 0.567. The normalized spacial score (nSPS) is 14.8. The van der Waals surface area contributed by atoms with Crippen LogP contribution >= 0.6 is 12.2 Å². The van der Waals surface area contributed by atoms with Crippen molar-refractivity contribution < 1.29 is 13.2 Å². The summed E-state index contributed by atoms with van der Waals surface area (Å²) in [4.78, 5) is 12.4. The minimum absolute atomic E-state index is 0.0213. The molecular formula is C22H27N3O3S2. The summed E-state index contributed by atoms with van der Waals surface area (Å²) < 4.78 is 27.5. The van der Waals surface area contributed by atoms with Crippen LogP contribution in [0.4, 0.5) is 5.69 Å². The van der Waals surface area contributed by atoms with E-state index in [0.717, 1.165) is 31.2 Å². The number of hydrogen-bond donors (Lipinski definition) is 3. The lowest BCUT2D eigenvalue weighted by molar-refractivity contribution is -0.124. The molecule has 1 aliphatic rings. The molecule has 0 heterocycles. The van der Waals surface area contributed by atoms with Crippen molar-refractivity contribution in [2.24, 2.45) is 5.92 Å². The number of thiocarbonyl (C=S) groups is 1. The molecule has 0 aromatic heterocycles. The smallest absolute Gasteiger partial charge is 0.240 e. The maximum absolute atomic E-state index is 12.5. The number of benzene rings is 2. The Morgan fingerprint density at radius 1 is 0.967 bits per heavy atom. The Labute approximate surface area is 183 Å². The first kappa shape index (κ1) is 22.4. The number of hydrogen-bond acceptors (Lipinski definition) is 4. The van der Waals surface area contributed by atoms with Crippen LogP contribution in [-0.2, 0) is 21.2 Å². The van der Waals surface area contributed by atoms with Crippen LogP contribution in [0.25, 0.3) is 0 Å². The first-order chi connectivity index (χ1) is 14.4. The van der Waals surface area contributed by atoms with Gasteiger partial charge in [0.25, 0.3) is 0 Å². The number of sulfonamides is 1. The van der Waals surface area contributed by atoms with Crippen molar-refractivity contribution in [3.63, 3.8) is 0 Å². The highest BCUT2D eigenvalue weighted by molar-refractivity contribution is 7.89. The van der Waals surface area contributed by atoms with Gasteiger partial charge in [0.2, 0.25) is 15.9 Å². The first-order valence-corrected chi connectivity index (χ1v) is 12.1. The predicted molar refractivity (Wildman–Crippen MR) is 123 cm³/mol. The van der Waals surface area contributed by atoms with Crippen molar-refractivity contribution in [2.75, 3.05) is 11.9 Å².